The van der Waals surface area contributed by atoms with Crippen molar-refractivity contribution in [3.63, 3.8) is 0 Å². The van der Waals surface area contributed by atoms with Crippen molar-refractivity contribution >= 4 is 16.9 Å². The first-order valence-corrected chi connectivity index (χ1v) is 7.60. The van der Waals surface area contributed by atoms with E-state index in [1.165, 1.54) is 16.7 Å². The molecule has 0 atom stereocenters. The quantitative estimate of drug-likeness (QED) is 0.727. The van der Waals surface area contributed by atoms with Crippen LogP contribution in [-0.4, -0.2) is 16.6 Å². The van der Waals surface area contributed by atoms with Gasteiger partial charge in [-0.2, -0.15) is 13.2 Å². The molecule has 1 aromatic heterocycles. The van der Waals surface area contributed by atoms with E-state index < -0.39 is 11.7 Å². The topological polar surface area (TPSA) is 38.1 Å². The Morgan fingerprint density at radius 3 is 2.36 bits per heavy atom. The van der Waals surface area contributed by atoms with Crippen LogP contribution in [0.5, 0.6) is 0 Å². The monoisotopic (exact) mass is 347 g/mol. The highest BCUT2D eigenvalue weighted by atomic mass is 19.4. The molecule has 0 aliphatic carbocycles. The molecule has 0 saturated carbocycles. The molecule has 0 unspecified atom stereocenters. The van der Waals surface area contributed by atoms with Gasteiger partial charge in [0.1, 0.15) is 0 Å². The first-order chi connectivity index (χ1) is 11.8. The van der Waals surface area contributed by atoms with Crippen molar-refractivity contribution in [1.82, 2.24) is 9.55 Å². The summed E-state index contributed by atoms with van der Waals surface area (Å²) in [5.74, 6) is 0.448. The van der Waals surface area contributed by atoms with Crippen LogP contribution in [0.1, 0.15) is 11.1 Å². The average Bonchev–Trinajstić information content (AvgIpc) is 2.57. The lowest BCUT2D eigenvalue weighted by molar-refractivity contribution is -0.137. The highest BCUT2D eigenvalue weighted by Crippen LogP contribution is 2.29. The zero-order valence-electron chi connectivity index (χ0n) is 13.7. The maximum Gasteiger partial charge on any atom is 0.416 e. The number of halogens is 3. The minimum Gasteiger partial charge on any atom is -0.341 e. The third-order valence-corrected chi connectivity index (χ3v) is 4.00. The van der Waals surface area contributed by atoms with Gasteiger partial charge in [0.2, 0.25) is 5.95 Å². The van der Waals surface area contributed by atoms with Crippen molar-refractivity contribution in [1.29, 1.82) is 0 Å². The first kappa shape index (κ1) is 17.0. The minimum atomic E-state index is -4.35. The van der Waals surface area contributed by atoms with Crippen LogP contribution in [0.25, 0.3) is 10.9 Å². The van der Waals surface area contributed by atoms with Crippen LogP contribution in [0.15, 0.2) is 53.3 Å². The van der Waals surface area contributed by atoms with E-state index >= 15 is 0 Å². The van der Waals surface area contributed by atoms with Crippen molar-refractivity contribution in [2.75, 3.05) is 11.9 Å². The second kappa shape index (κ2) is 6.23. The zero-order valence-corrected chi connectivity index (χ0v) is 13.7. The van der Waals surface area contributed by atoms with Crippen molar-refractivity contribution in [3.8, 4) is 0 Å². The normalized spacial score (nSPS) is 11.7. The van der Waals surface area contributed by atoms with Gasteiger partial charge in [0.05, 0.1) is 16.5 Å². The molecule has 0 saturated heterocycles. The first-order valence-electron chi connectivity index (χ1n) is 7.60. The summed E-state index contributed by atoms with van der Waals surface area (Å²) >= 11 is 0. The Morgan fingerprint density at radius 2 is 1.72 bits per heavy atom. The van der Waals surface area contributed by atoms with Gasteiger partial charge in [-0.1, -0.05) is 24.3 Å². The second-order valence-electron chi connectivity index (χ2n) is 5.84. The summed E-state index contributed by atoms with van der Waals surface area (Å²) in [5, 5.41) is 0.525. The maximum absolute atomic E-state index is 12.6. The van der Waals surface area contributed by atoms with Gasteiger partial charge in [0.25, 0.3) is 5.56 Å². The van der Waals surface area contributed by atoms with Crippen molar-refractivity contribution in [3.05, 3.63) is 70.0 Å². The molecule has 7 heteroatoms. The number of hydrogen-bond donors (Lipinski definition) is 0. The number of fused-ring (bicyclic) bond motifs is 1. The molecule has 3 aromatic rings. The van der Waals surface area contributed by atoms with Crippen LogP contribution in [0.4, 0.5) is 19.1 Å². The molecule has 3 rings (SSSR count). The summed E-state index contributed by atoms with van der Waals surface area (Å²) in [5.41, 5.74) is 0.424. The molecule has 0 amide bonds. The zero-order chi connectivity index (χ0) is 18.2. The van der Waals surface area contributed by atoms with Gasteiger partial charge in [-0.15, -0.1) is 0 Å². The molecular formula is C18H16F3N3O. The highest BCUT2D eigenvalue weighted by Gasteiger charge is 2.29. The van der Waals surface area contributed by atoms with Crippen LogP contribution in [0.2, 0.25) is 0 Å². The van der Waals surface area contributed by atoms with E-state index in [-0.39, 0.29) is 5.56 Å². The van der Waals surface area contributed by atoms with E-state index in [9.17, 15) is 18.0 Å². The van der Waals surface area contributed by atoms with Crippen LogP contribution in [-0.2, 0) is 19.8 Å². The van der Waals surface area contributed by atoms with Gasteiger partial charge in [-0.3, -0.25) is 9.36 Å². The lowest BCUT2D eigenvalue weighted by atomic mass is 10.1. The minimum absolute atomic E-state index is 0.167. The summed E-state index contributed by atoms with van der Waals surface area (Å²) in [6.07, 6.45) is -4.35. The number of rotatable bonds is 3. The number of benzene rings is 2. The number of alkyl halides is 3. The van der Waals surface area contributed by atoms with Gasteiger partial charge in [0.15, 0.2) is 0 Å². The van der Waals surface area contributed by atoms with E-state index in [2.05, 4.69) is 4.98 Å². The Morgan fingerprint density at radius 1 is 1.08 bits per heavy atom. The van der Waals surface area contributed by atoms with E-state index in [0.717, 1.165) is 12.1 Å². The summed E-state index contributed by atoms with van der Waals surface area (Å²) in [4.78, 5) is 18.7. The molecule has 4 nitrogen and oxygen atoms in total. The number of hydrogen-bond acceptors (Lipinski definition) is 3. The molecule has 0 radical (unpaired) electrons. The standard InChI is InChI=1S/C18H16F3N3O/c1-23(11-12-7-9-13(10-8-12)18(19,20)21)17-22-15-6-4-3-5-14(15)16(25)24(17)2/h3-10H,11H2,1-2H3. The summed E-state index contributed by atoms with van der Waals surface area (Å²) in [7, 11) is 3.37. The Bertz CT molecular complexity index is 962. The largest absolute Gasteiger partial charge is 0.416 e. The number of anilines is 1. The third-order valence-electron chi connectivity index (χ3n) is 4.00. The predicted molar refractivity (Wildman–Crippen MR) is 90.5 cm³/mol. The van der Waals surface area contributed by atoms with Gasteiger partial charge < -0.3 is 4.90 Å². The van der Waals surface area contributed by atoms with Crippen LogP contribution in [0, 0.1) is 0 Å². The van der Waals surface area contributed by atoms with Gasteiger partial charge in [0, 0.05) is 20.6 Å². The van der Waals surface area contributed by atoms with Crippen LogP contribution >= 0.6 is 0 Å². The highest BCUT2D eigenvalue weighted by molar-refractivity contribution is 5.78. The lowest BCUT2D eigenvalue weighted by Gasteiger charge is -2.21. The molecular weight excluding hydrogens is 331 g/mol. The van der Waals surface area contributed by atoms with E-state index in [1.54, 1.807) is 43.3 Å². The van der Waals surface area contributed by atoms with Crippen molar-refractivity contribution in [2.45, 2.75) is 12.7 Å². The summed E-state index contributed by atoms with van der Waals surface area (Å²) < 4.78 is 39.3. The summed E-state index contributed by atoms with van der Waals surface area (Å²) in [6.45, 7) is 0.330. The average molecular weight is 347 g/mol. The molecule has 2 aromatic carbocycles. The fourth-order valence-corrected chi connectivity index (χ4v) is 2.69. The number of para-hydroxylation sites is 1. The molecule has 0 spiro atoms. The summed E-state index contributed by atoms with van der Waals surface area (Å²) in [6, 6.07) is 12.0. The number of aromatic nitrogens is 2. The SMILES string of the molecule is CN(Cc1ccc(C(F)(F)F)cc1)c1nc2ccccc2c(=O)n1C. The molecule has 130 valence electrons. The fourth-order valence-electron chi connectivity index (χ4n) is 2.69. The van der Waals surface area contributed by atoms with Gasteiger partial charge in [-0.05, 0) is 29.8 Å². The van der Waals surface area contributed by atoms with E-state index in [4.69, 9.17) is 0 Å². The molecule has 25 heavy (non-hydrogen) atoms. The van der Waals surface area contributed by atoms with Crippen molar-refractivity contribution < 1.29 is 13.2 Å². The lowest BCUT2D eigenvalue weighted by Crippen LogP contribution is -2.28. The Labute approximate surface area is 142 Å². The smallest absolute Gasteiger partial charge is 0.341 e. The molecule has 0 bridgehead atoms. The molecule has 1 heterocycles. The Hall–Kier alpha value is -2.83. The van der Waals surface area contributed by atoms with Crippen LogP contribution < -0.4 is 10.5 Å². The molecule has 0 aliphatic heterocycles. The predicted octanol–water partition coefficient (Wildman–Crippen LogP) is 3.59. The second-order valence-corrected chi connectivity index (χ2v) is 5.84. The van der Waals surface area contributed by atoms with E-state index in [0.29, 0.717) is 29.0 Å². The Balaban J connectivity index is 1.91. The Kier molecular flexibility index (Phi) is 4.24. The van der Waals surface area contributed by atoms with Crippen LogP contribution in [0.3, 0.4) is 0 Å². The number of nitrogens with zero attached hydrogens (tertiary/aromatic N) is 3. The molecule has 0 aliphatic rings. The van der Waals surface area contributed by atoms with Crippen molar-refractivity contribution in [2.24, 2.45) is 7.05 Å². The van der Waals surface area contributed by atoms with Gasteiger partial charge in [-0.25, -0.2) is 4.98 Å². The fraction of sp³-hybridized carbons (Fsp3) is 0.222. The van der Waals surface area contributed by atoms with E-state index in [1.807, 2.05) is 0 Å². The van der Waals surface area contributed by atoms with Gasteiger partial charge >= 0.3 is 6.18 Å². The molecule has 0 N–H and O–H groups in total. The maximum atomic E-state index is 12.6. The molecule has 0 fully saturated rings. The third kappa shape index (κ3) is 3.35.